The third kappa shape index (κ3) is 2.77. The molecule has 0 N–H and O–H groups in total. The first-order valence-corrected chi connectivity index (χ1v) is 6.59. The smallest absolute Gasteiger partial charge is 0.312 e. The molecule has 0 bridgehead atoms. The lowest BCUT2D eigenvalue weighted by Gasteiger charge is -2.33. The molecule has 2 rings (SSSR count). The van der Waals surface area contributed by atoms with Crippen LogP contribution in [0, 0.1) is 11.3 Å². The molecule has 0 unspecified atom stereocenters. The lowest BCUT2D eigenvalue weighted by atomic mass is 10.1. The van der Waals surface area contributed by atoms with Gasteiger partial charge < -0.3 is 9.80 Å². The normalized spacial score (nSPS) is 15.4. The van der Waals surface area contributed by atoms with E-state index < -0.39 is 11.8 Å². The number of rotatable bonds is 4. The molecule has 1 aromatic heterocycles. The van der Waals surface area contributed by atoms with Gasteiger partial charge in [-0.25, -0.2) is 4.98 Å². The largest absolute Gasteiger partial charge is 0.333 e. The SMILES string of the molecule is CCCN1CCN(Cc2cccnc2C#N)C(=O)C1=O. The summed E-state index contributed by atoms with van der Waals surface area (Å²) in [6.07, 6.45) is 2.37. The van der Waals surface area contributed by atoms with Crippen molar-refractivity contribution >= 4 is 11.8 Å². The minimum Gasteiger partial charge on any atom is -0.333 e. The van der Waals surface area contributed by atoms with Crippen LogP contribution in [0.3, 0.4) is 0 Å². The molecule has 0 atom stereocenters. The van der Waals surface area contributed by atoms with Gasteiger partial charge in [0.1, 0.15) is 11.8 Å². The molecule has 2 heterocycles. The van der Waals surface area contributed by atoms with Crippen LogP contribution < -0.4 is 0 Å². The van der Waals surface area contributed by atoms with E-state index in [2.05, 4.69) is 4.98 Å². The molecule has 1 aromatic rings. The lowest BCUT2D eigenvalue weighted by molar-refractivity contribution is -0.156. The van der Waals surface area contributed by atoms with Gasteiger partial charge in [-0.15, -0.1) is 0 Å². The average molecular weight is 272 g/mol. The number of amides is 2. The van der Waals surface area contributed by atoms with E-state index in [4.69, 9.17) is 5.26 Å². The maximum absolute atomic E-state index is 12.0. The fourth-order valence-electron chi connectivity index (χ4n) is 2.22. The number of nitrogens with zero attached hydrogens (tertiary/aromatic N) is 4. The topological polar surface area (TPSA) is 77.3 Å². The number of aromatic nitrogens is 1. The van der Waals surface area contributed by atoms with Crippen LogP contribution in [0.1, 0.15) is 24.6 Å². The molecule has 20 heavy (non-hydrogen) atoms. The predicted octanol–water partition coefficient (Wildman–Crippen LogP) is 0.534. The van der Waals surface area contributed by atoms with Crippen LogP contribution >= 0.6 is 0 Å². The van der Waals surface area contributed by atoms with Crippen molar-refractivity contribution in [2.24, 2.45) is 0 Å². The summed E-state index contributed by atoms with van der Waals surface area (Å²) in [5, 5.41) is 8.99. The summed E-state index contributed by atoms with van der Waals surface area (Å²) >= 11 is 0. The van der Waals surface area contributed by atoms with Crippen molar-refractivity contribution in [3.8, 4) is 6.07 Å². The molecule has 0 aromatic carbocycles. The fourth-order valence-corrected chi connectivity index (χ4v) is 2.22. The van der Waals surface area contributed by atoms with Gasteiger partial charge in [-0.1, -0.05) is 13.0 Å². The van der Waals surface area contributed by atoms with Crippen LogP contribution in [-0.2, 0) is 16.1 Å². The van der Waals surface area contributed by atoms with Crippen LogP contribution in [0.15, 0.2) is 18.3 Å². The second-order valence-electron chi connectivity index (χ2n) is 4.64. The summed E-state index contributed by atoms with van der Waals surface area (Å²) in [6, 6.07) is 5.47. The Morgan fingerprint density at radius 1 is 1.30 bits per heavy atom. The third-order valence-corrected chi connectivity index (χ3v) is 3.25. The molecular weight excluding hydrogens is 256 g/mol. The maximum atomic E-state index is 12.0. The van der Waals surface area contributed by atoms with Crippen LogP contribution in [0.5, 0.6) is 0 Å². The number of nitriles is 1. The zero-order chi connectivity index (χ0) is 14.5. The molecular formula is C14H16N4O2. The van der Waals surface area contributed by atoms with E-state index in [1.165, 1.54) is 11.1 Å². The van der Waals surface area contributed by atoms with E-state index in [0.29, 0.717) is 30.9 Å². The monoisotopic (exact) mass is 272 g/mol. The first-order chi connectivity index (χ1) is 9.67. The standard InChI is InChI=1S/C14H16N4O2/c1-2-6-17-7-8-18(14(20)13(17)19)10-11-4-3-5-16-12(11)9-15/h3-5H,2,6-8,10H2,1H3. The molecule has 6 heteroatoms. The van der Waals surface area contributed by atoms with Gasteiger partial charge in [-0.3, -0.25) is 9.59 Å². The maximum Gasteiger partial charge on any atom is 0.312 e. The van der Waals surface area contributed by atoms with Gasteiger partial charge in [0.15, 0.2) is 0 Å². The second kappa shape index (κ2) is 6.15. The highest BCUT2D eigenvalue weighted by molar-refractivity contribution is 6.35. The summed E-state index contributed by atoms with van der Waals surface area (Å²) in [7, 11) is 0. The van der Waals surface area contributed by atoms with E-state index in [1.54, 1.807) is 17.0 Å². The zero-order valence-corrected chi connectivity index (χ0v) is 11.4. The molecule has 1 saturated heterocycles. The molecule has 1 aliphatic heterocycles. The second-order valence-corrected chi connectivity index (χ2v) is 4.64. The first-order valence-electron chi connectivity index (χ1n) is 6.59. The Morgan fingerprint density at radius 2 is 2.00 bits per heavy atom. The fraction of sp³-hybridized carbons (Fsp3) is 0.429. The van der Waals surface area contributed by atoms with Gasteiger partial charge in [-0.05, 0) is 12.5 Å². The van der Waals surface area contributed by atoms with Crippen molar-refractivity contribution in [1.29, 1.82) is 5.26 Å². The highest BCUT2D eigenvalue weighted by Crippen LogP contribution is 2.12. The molecule has 1 aliphatic rings. The minimum absolute atomic E-state index is 0.251. The Morgan fingerprint density at radius 3 is 2.70 bits per heavy atom. The summed E-state index contributed by atoms with van der Waals surface area (Å²) < 4.78 is 0. The van der Waals surface area contributed by atoms with Gasteiger partial charge in [0.2, 0.25) is 0 Å². The quantitative estimate of drug-likeness (QED) is 0.749. The van der Waals surface area contributed by atoms with E-state index in [-0.39, 0.29) is 6.54 Å². The highest BCUT2D eigenvalue weighted by Gasteiger charge is 2.32. The predicted molar refractivity (Wildman–Crippen MR) is 71.2 cm³/mol. The summed E-state index contributed by atoms with van der Waals surface area (Å²) in [6.45, 7) is 3.86. The molecule has 6 nitrogen and oxygen atoms in total. The van der Waals surface area contributed by atoms with Gasteiger partial charge >= 0.3 is 11.8 Å². The Labute approximate surface area is 117 Å². The average Bonchev–Trinajstić information content (AvgIpc) is 2.47. The van der Waals surface area contributed by atoms with Crippen molar-refractivity contribution < 1.29 is 9.59 Å². The lowest BCUT2D eigenvalue weighted by Crippen LogP contribution is -2.54. The van der Waals surface area contributed by atoms with Gasteiger partial charge in [0.05, 0.1) is 0 Å². The zero-order valence-electron chi connectivity index (χ0n) is 11.4. The van der Waals surface area contributed by atoms with Crippen molar-refractivity contribution in [3.05, 3.63) is 29.6 Å². The van der Waals surface area contributed by atoms with E-state index >= 15 is 0 Å². The first kappa shape index (κ1) is 14.0. The molecule has 0 spiro atoms. The molecule has 2 amide bonds. The van der Waals surface area contributed by atoms with Crippen molar-refractivity contribution in [2.45, 2.75) is 19.9 Å². The summed E-state index contributed by atoms with van der Waals surface area (Å²) in [5.74, 6) is -0.960. The summed E-state index contributed by atoms with van der Waals surface area (Å²) in [4.78, 5) is 31.0. The number of pyridine rings is 1. The molecule has 0 saturated carbocycles. The van der Waals surface area contributed by atoms with Crippen LogP contribution in [0.25, 0.3) is 0 Å². The van der Waals surface area contributed by atoms with Crippen molar-refractivity contribution in [3.63, 3.8) is 0 Å². The van der Waals surface area contributed by atoms with Gasteiger partial charge in [0, 0.05) is 37.9 Å². The Kier molecular flexibility index (Phi) is 4.31. The molecule has 0 aliphatic carbocycles. The van der Waals surface area contributed by atoms with Gasteiger partial charge in [-0.2, -0.15) is 5.26 Å². The number of hydrogen-bond acceptors (Lipinski definition) is 4. The number of carbonyl (C=O) groups is 2. The van der Waals surface area contributed by atoms with Crippen LogP contribution in [0.4, 0.5) is 0 Å². The molecule has 1 fully saturated rings. The Balaban J connectivity index is 2.10. The van der Waals surface area contributed by atoms with Crippen molar-refractivity contribution in [2.75, 3.05) is 19.6 Å². The number of piperazine rings is 1. The minimum atomic E-state index is -0.502. The molecule has 0 radical (unpaired) electrons. The number of carbonyl (C=O) groups excluding carboxylic acids is 2. The van der Waals surface area contributed by atoms with Gasteiger partial charge in [0.25, 0.3) is 0 Å². The Bertz CT molecular complexity index is 565. The van der Waals surface area contributed by atoms with Crippen molar-refractivity contribution in [1.82, 2.24) is 14.8 Å². The van der Waals surface area contributed by atoms with Crippen LogP contribution in [0.2, 0.25) is 0 Å². The molecule has 104 valence electrons. The van der Waals surface area contributed by atoms with E-state index in [0.717, 1.165) is 6.42 Å². The third-order valence-electron chi connectivity index (χ3n) is 3.25. The highest BCUT2D eigenvalue weighted by atomic mass is 16.2. The Hall–Kier alpha value is -2.42. The van der Waals surface area contributed by atoms with E-state index in [1.807, 2.05) is 13.0 Å². The van der Waals surface area contributed by atoms with Crippen LogP contribution in [-0.4, -0.2) is 46.2 Å². The van der Waals surface area contributed by atoms with E-state index in [9.17, 15) is 9.59 Å². The number of hydrogen-bond donors (Lipinski definition) is 0. The summed E-state index contributed by atoms with van der Waals surface area (Å²) in [5.41, 5.74) is 0.962.